The van der Waals surface area contributed by atoms with E-state index in [1.54, 1.807) is 6.07 Å². The average molecular weight is 267 g/mol. The van der Waals surface area contributed by atoms with Gasteiger partial charge in [-0.25, -0.2) is 4.79 Å². The van der Waals surface area contributed by atoms with E-state index in [1.165, 1.54) is 26.2 Å². The standard InChI is InChI=1S/C14H21NO4/c1-18-14(17)11-6-12(19-9-11)7-15-13-5-3-2-4-10(13)8-16/h6,9-10,13,15-16H,2-5,7-8H2,1H3. The highest BCUT2D eigenvalue weighted by atomic mass is 16.5. The molecule has 5 nitrogen and oxygen atoms in total. The van der Waals surface area contributed by atoms with Crippen LogP contribution in [0.5, 0.6) is 0 Å². The van der Waals surface area contributed by atoms with E-state index < -0.39 is 0 Å². The van der Waals surface area contributed by atoms with Gasteiger partial charge in [-0.1, -0.05) is 12.8 Å². The Bertz CT molecular complexity index is 415. The van der Waals surface area contributed by atoms with Crippen LogP contribution in [0.25, 0.3) is 0 Å². The van der Waals surface area contributed by atoms with Gasteiger partial charge in [-0.15, -0.1) is 0 Å². The molecule has 2 rings (SSSR count). The van der Waals surface area contributed by atoms with Gasteiger partial charge < -0.3 is 19.6 Å². The lowest BCUT2D eigenvalue weighted by molar-refractivity contribution is 0.0600. The molecule has 1 heterocycles. The molecule has 1 aliphatic carbocycles. The van der Waals surface area contributed by atoms with Crippen molar-refractivity contribution in [3.8, 4) is 0 Å². The Morgan fingerprint density at radius 1 is 1.53 bits per heavy atom. The fourth-order valence-electron chi connectivity index (χ4n) is 2.62. The first-order valence-electron chi connectivity index (χ1n) is 6.74. The van der Waals surface area contributed by atoms with Crippen LogP contribution in [0.1, 0.15) is 41.8 Å². The van der Waals surface area contributed by atoms with Gasteiger partial charge in [0.2, 0.25) is 0 Å². The summed E-state index contributed by atoms with van der Waals surface area (Å²) in [7, 11) is 1.35. The molecule has 1 fully saturated rings. The maximum absolute atomic E-state index is 11.3. The Balaban J connectivity index is 1.87. The molecule has 0 amide bonds. The molecule has 1 aromatic rings. The van der Waals surface area contributed by atoms with Crippen molar-refractivity contribution >= 4 is 5.97 Å². The highest BCUT2D eigenvalue weighted by molar-refractivity contribution is 5.88. The lowest BCUT2D eigenvalue weighted by Crippen LogP contribution is -2.39. The number of rotatable bonds is 5. The van der Waals surface area contributed by atoms with Crippen molar-refractivity contribution in [1.82, 2.24) is 5.32 Å². The minimum absolute atomic E-state index is 0.225. The van der Waals surface area contributed by atoms with Crippen molar-refractivity contribution < 1.29 is 19.1 Å². The van der Waals surface area contributed by atoms with Crippen LogP contribution in [0.3, 0.4) is 0 Å². The van der Waals surface area contributed by atoms with Crippen molar-refractivity contribution in [3.63, 3.8) is 0 Å². The molecule has 0 aliphatic heterocycles. The number of esters is 1. The van der Waals surface area contributed by atoms with E-state index in [0.29, 0.717) is 29.8 Å². The summed E-state index contributed by atoms with van der Waals surface area (Å²) in [6, 6.07) is 2.01. The minimum Gasteiger partial charge on any atom is -0.467 e. The zero-order chi connectivity index (χ0) is 13.7. The summed E-state index contributed by atoms with van der Waals surface area (Å²) in [6.45, 7) is 0.793. The molecule has 0 radical (unpaired) electrons. The molecular weight excluding hydrogens is 246 g/mol. The van der Waals surface area contributed by atoms with E-state index in [0.717, 1.165) is 12.8 Å². The summed E-state index contributed by atoms with van der Waals surface area (Å²) >= 11 is 0. The van der Waals surface area contributed by atoms with Gasteiger partial charge in [0.1, 0.15) is 12.0 Å². The normalized spacial score (nSPS) is 23.3. The smallest absolute Gasteiger partial charge is 0.341 e. The molecule has 0 bridgehead atoms. The summed E-state index contributed by atoms with van der Waals surface area (Å²) in [6.07, 6.45) is 5.94. The molecule has 2 N–H and O–H groups in total. The van der Waals surface area contributed by atoms with Crippen molar-refractivity contribution in [1.29, 1.82) is 0 Å². The lowest BCUT2D eigenvalue weighted by atomic mass is 9.85. The van der Waals surface area contributed by atoms with Crippen LogP contribution in [-0.4, -0.2) is 30.8 Å². The first-order valence-corrected chi connectivity index (χ1v) is 6.74. The molecule has 0 aromatic carbocycles. The van der Waals surface area contributed by atoms with Crippen molar-refractivity contribution in [2.24, 2.45) is 5.92 Å². The van der Waals surface area contributed by atoms with Crippen LogP contribution in [0, 0.1) is 5.92 Å². The van der Waals surface area contributed by atoms with Crippen LogP contribution in [0.4, 0.5) is 0 Å². The number of furan rings is 1. The van der Waals surface area contributed by atoms with Gasteiger partial charge in [0.05, 0.1) is 19.2 Å². The number of aliphatic hydroxyl groups excluding tert-OH is 1. The maximum Gasteiger partial charge on any atom is 0.341 e. The first kappa shape index (κ1) is 14.1. The largest absolute Gasteiger partial charge is 0.467 e. The van der Waals surface area contributed by atoms with E-state index in [-0.39, 0.29) is 12.6 Å². The Labute approximate surface area is 112 Å². The predicted octanol–water partition coefficient (Wildman–Crippen LogP) is 1.71. The molecule has 0 saturated heterocycles. The van der Waals surface area contributed by atoms with E-state index in [2.05, 4.69) is 10.1 Å². The molecule has 106 valence electrons. The second-order valence-electron chi connectivity index (χ2n) is 5.01. The van der Waals surface area contributed by atoms with E-state index >= 15 is 0 Å². The van der Waals surface area contributed by atoms with Gasteiger partial charge in [0.15, 0.2) is 0 Å². The number of nitrogens with one attached hydrogen (secondary N) is 1. The topological polar surface area (TPSA) is 71.7 Å². The minimum atomic E-state index is -0.388. The summed E-state index contributed by atoms with van der Waals surface area (Å²) < 4.78 is 9.95. The number of hydrogen-bond donors (Lipinski definition) is 2. The van der Waals surface area contributed by atoms with Crippen molar-refractivity contribution in [3.05, 3.63) is 23.7 Å². The first-order chi connectivity index (χ1) is 9.24. The zero-order valence-corrected chi connectivity index (χ0v) is 11.2. The van der Waals surface area contributed by atoms with Crippen LogP contribution in [-0.2, 0) is 11.3 Å². The third-order valence-corrected chi connectivity index (χ3v) is 3.76. The van der Waals surface area contributed by atoms with Gasteiger partial charge in [-0.05, 0) is 24.8 Å². The van der Waals surface area contributed by atoms with E-state index in [1.807, 2.05) is 0 Å². The van der Waals surface area contributed by atoms with Crippen LogP contribution in [0.15, 0.2) is 16.7 Å². The SMILES string of the molecule is COC(=O)c1coc(CNC2CCCCC2CO)c1. The van der Waals surface area contributed by atoms with Crippen LogP contribution >= 0.6 is 0 Å². The van der Waals surface area contributed by atoms with Crippen LogP contribution < -0.4 is 5.32 Å². The fraction of sp³-hybridized carbons (Fsp3) is 0.643. The molecule has 2 unspecified atom stereocenters. The zero-order valence-electron chi connectivity index (χ0n) is 11.2. The molecule has 2 atom stereocenters. The number of carbonyl (C=O) groups is 1. The van der Waals surface area contributed by atoms with Gasteiger partial charge in [0, 0.05) is 12.6 Å². The van der Waals surface area contributed by atoms with E-state index in [9.17, 15) is 9.90 Å². The average Bonchev–Trinajstić information content (AvgIpc) is 2.93. The summed E-state index contributed by atoms with van der Waals surface area (Å²) in [5.74, 6) is 0.646. The Hall–Kier alpha value is -1.33. The number of methoxy groups -OCH3 is 1. The predicted molar refractivity (Wildman–Crippen MR) is 69.7 cm³/mol. The monoisotopic (exact) mass is 267 g/mol. The number of hydrogen-bond acceptors (Lipinski definition) is 5. The van der Waals surface area contributed by atoms with Gasteiger partial charge >= 0.3 is 5.97 Å². The maximum atomic E-state index is 11.3. The Morgan fingerprint density at radius 2 is 2.32 bits per heavy atom. The third-order valence-electron chi connectivity index (χ3n) is 3.76. The molecule has 1 aliphatic rings. The van der Waals surface area contributed by atoms with Crippen molar-refractivity contribution in [2.45, 2.75) is 38.3 Å². The summed E-state index contributed by atoms with van der Waals surface area (Å²) in [4.78, 5) is 11.3. The van der Waals surface area contributed by atoms with Crippen molar-refractivity contribution in [2.75, 3.05) is 13.7 Å². The second-order valence-corrected chi connectivity index (χ2v) is 5.01. The third kappa shape index (κ3) is 3.58. The molecular formula is C14H21NO4. The number of carbonyl (C=O) groups excluding carboxylic acids is 1. The highest BCUT2D eigenvalue weighted by Crippen LogP contribution is 2.24. The lowest BCUT2D eigenvalue weighted by Gasteiger charge is -2.30. The molecule has 1 aromatic heterocycles. The molecule has 5 heteroatoms. The molecule has 0 spiro atoms. The van der Waals surface area contributed by atoms with Gasteiger partial charge in [-0.3, -0.25) is 0 Å². The summed E-state index contributed by atoms with van der Waals surface area (Å²) in [5.41, 5.74) is 0.432. The second kappa shape index (κ2) is 6.73. The van der Waals surface area contributed by atoms with Gasteiger partial charge in [-0.2, -0.15) is 0 Å². The highest BCUT2D eigenvalue weighted by Gasteiger charge is 2.24. The van der Waals surface area contributed by atoms with Crippen LogP contribution in [0.2, 0.25) is 0 Å². The Kier molecular flexibility index (Phi) is 4.99. The summed E-state index contributed by atoms with van der Waals surface area (Å²) in [5, 5.41) is 12.7. The van der Waals surface area contributed by atoms with Gasteiger partial charge in [0.25, 0.3) is 0 Å². The number of aliphatic hydroxyl groups is 1. The number of ether oxygens (including phenoxy) is 1. The molecule has 1 saturated carbocycles. The van der Waals surface area contributed by atoms with E-state index in [4.69, 9.17) is 4.42 Å². The fourth-order valence-corrected chi connectivity index (χ4v) is 2.62. The quantitative estimate of drug-likeness (QED) is 0.795. The molecule has 19 heavy (non-hydrogen) atoms. The Morgan fingerprint density at radius 3 is 3.05 bits per heavy atom.